The highest BCUT2D eigenvalue weighted by Crippen LogP contribution is 2.44. The van der Waals surface area contributed by atoms with Gasteiger partial charge in [-0.25, -0.2) is 9.59 Å². The van der Waals surface area contributed by atoms with Crippen LogP contribution >= 0.6 is 0 Å². The van der Waals surface area contributed by atoms with E-state index in [1.807, 2.05) is 24.3 Å². The monoisotopic (exact) mass is 434 g/mol. The van der Waals surface area contributed by atoms with E-state index >= 15 is 0 Å². The van der Waals surface area contributed by atoms with Crippen LogP contribution in [0.25, 0.3) is 11.1 Å². The highest BCUT2D eigenvalue weighted by Gasteiger charge is 2.37. The van der Waals surface area contributed by atoms with Crippen molar-refractivity contribution in [1.29, 1.82) is 0 Å². The molecule has 1 saturated carbocycles. The Morgan fingerprint density at radius 2 is 1.66 bits per heavy atom. The van der Waals surface area contributed by atoms with Crippen molar-refractivity contribution < 1.29 is 24.2 Å². The molecule has 166 valence electrons. The van der Waals surface area contributed by atoms with Gasteiger partial charge in [-0.2, -0.15) is 0 Å². The van der Waals surface area contributed by atoms with Gasteiger partial charge in [0, 0.05) is 17.9 Å². The minimum atomic E-state index is -1.09. The highest BCUT2D eigenvalue weighted by molar-refractivity contribution is 5.86. The van der Waals surface area contributed by atoms with E-state index in [1.165, 1.54) is 17.2 Å². The summed E-state index contributed by atoms with van der Waals surface area (Å²) in [5.41, 5.74) is 4.63. The van der Waals surface area contributed by atoms with Crippen LogP contribution < -0.4 is 10.6 Å². The molecule has 1 fully saturated rings. The second-order valence-corrected chi connectivity index (χ2v) is 8.26. The van der Waals surface area contributed by atoms with Crippen LogP contribution in [-0.4, -0.2) is 41.8 Å². The van der Waals surface area contributed by atoms with Crippen molar-refractivity contribution in [3.8, 4) is 11.1 Å². The summed E-state index contributed by atoms with van der Waals surface area (Å²) in [6, 6.07) is 15.1. The summed E-state index contributed by atoms with van der Waals surface area (Å²) >= 11 is 0. The molecule has 0 aliphatic heterocycles. The summed E-state index contributed by atoms with van der Waals surface area (Å²) < 4.78 is 5.53. The number of fused-ring (bicyclic) bond motifs is 3. The number of rotatable bonds is 8. The van der Waals surface area contributed by atoms with Gasteiger partial charge in [0.05, 0.1) is 0 Å². The quantitative estimate of drug-likeness (QED) is 0.552. The Morgan fingerprint density at radius 3 is 2.22 bits per heavy atom. The molecule has 2 amide bonds. The third kappa shape index (κ3) is 4.37. The lowest BCUT2D eigenvalue weighted by atomic mass is 9.79. The summed E-state index contributed by atoms with van der Waals surface area (Å²) in [6.07, 6.45) is 2.02. The molecule has 2 aromatic rings. The number of benzene rings is 2. The third-order valence-electron chi connectivity index (χ3n) is 6.19. The molecule has 0 radical (unpaired) electrons. The lowest BCUT2D eigenvalue weighted by Gasteiger charge is -2.35. The Morgan fingerprint density at radius 1 is 1.06 bits per heavy atom. The highest BCUT2D eigenvalue weighted by atomic mass is 16.5. The summed E-state index contributed by atoms with van der Waals surface area (Å²) in [6.45, 7) is 3.74. The Balaban J connectivity index is 1.26. The van der Waals surface area contributed by atoms with Crippen LogP contribution in [0.3, 0.4) is 0 Å². The topological polar surface area (TPSA) is 105 Å². The van der Waals surface area contributed by atoms with Gasteiger partial charge in [-0.3, -0.25) is 4.79 Å². The van der Waals surface area contributed by atoms with Crippen molar-refractivity contribution >= 4 is 18.0 Å². The predicted octanol–water partition coefficient (Wildman–Crippen LogP) is 3.45. The van der Waals surface area contributed by atoms with E-state index in [0.717, 1.165) is 11.1 Å². The average molecular weight is 434 g/mol. The van der Waals surface area contributed by atoms with Crippen LogP contribution in [0, 0.1) is 5.92 Å². The zero-order chi connectivity index (χ0) is 22.7. The normalized spacial score (nSPS) is 19.6. The lowest BCUT2D eigenvalue weighted by molar-refractivity contribution is -0.143. The Hall–Kier alpha value is -3.61. The molecule has 0 aromatic heterocycles. The molecule has 2 aliphatic rings. The Kier molecular flexibility index (Phi) is 6.25. The number of carboxylic acids is 1. The molecule has 7 nitrogen and oxygen atoms in total. The maximum absolute atomic E-state index is 12.3. The van der Waals surface area contributed by atoms with E-state index in [9.17, 15) is 14.4 Å². The van der Waals surface area contributed by atoms with Gasteiger partial charge in [-0.15, -0.1) is 6.58 Å². The van der Waals surface area contributed by atoms with Crippen LogP contribution in [0.2, 0.25) is 0 Å². The fourth-order valence-electron chi connectivity index (χ4n) is 4.43. The van der Waals surface area contributed by atoms with Crippen LogP contribution in [-0.2, 0) is 14.3 Å². The molecule has 3 N–H and O–H groups in total. The number of aliphatic carboxylic acids is 1. The van der Waals surface area contributed by atoms with Crippen molar-refractivity contribution in [3.63, 3.8) is 0 Å². The van der Waals surface area contributed by atoms with Crippen molar-refractivity contribution in [1.82, 2.24) is 10.6 Å². The van der Waals surface area contributed by atoms with E-state index < -0.39 is 18.1 Å². The van der Waals surface area contributed by atoms with Crippen LogP contribution in [0.15, 0.2) is 61.2 Å². The molecule has 32 heavy (non-hydrogen) atoms. The van der Waals surface area contributed by atoms with Crippen molar-refractivity contribution in [2.75, 3.05) is 6.61 Å². The standard InChI is InChI=1S/C25H26N2O5/c1-2-7-22(24(29)30)27-23(28)15-12-16(13-15)26-25(31)32-14-21-19-10-5-3-8-17(19)18-9-4-6-11-20(18)21/h2-6,8-11,15-16,21-22H,1,7,12-14H2,(H,26,31)(H,27,28)(H,29,30). The van der Waals surface area contributed by atoms with Gasteiger partial charge < -0.3 is 20.5 Å². The van der Waals surface area contributed by atoms with Gasteiger partial charge in [-0.05, 0) is 41.5 Å². The maximum Gasteiger partial charge on any atom is 0.407 e. The molecule has 2 aromatic carbocycles. The van der Waals surface area contributed by atoms with E-state index in [4.69, 9.17) is 9.84 Å². The fourth-order valence-corrected chi connectivity index (χ4v) is 4.43. The van der Waals surface area contributed by atoms with E-state index in [0.29, 0.717) is 12.8 Å². The van der Waals surface area contributed by atoms with E-state index in [-0.39, 0.29) is 36.8 Å². The summed E-state index contributed by atoms with van der Waals surface area (Å²) in [5.74, 6) is -1.73. The SMILES string of the molecule is C=CCC(NC(=O)C1CC(NC(=O)OCC2c3ccccc3-c3ccccc32)C1)C(=O)O. The Labute approximate surface area is 186 Å². The largest absolute Gasteiger partial charge is 0.480 e. The van der Waals surface area contributed by atoms with Gasteiger partial charge >= 0.3 is 12.1 Å². The third-order valence-corrected chi connectivity index (χ3v) is 6.19. The molecule has 0 spiro atoms. The summed E-state index contributed by atoms with van der Waals surface area (Å²) in [7, 11) is 0. The molecule has 0 bridgehead atoms. The van der Waals surface area contributed by atoms with Crippen molar-refractivity contribution in [2.45, 2.75) is 37.3 Å². The molecule has 0 saturated heterocycles. The molecular weight excluding hydrogens is 408 g/mol. The molecule has 1 unspecified atom stereocenters. The molecule has 4 rings (SSSR count). The number of carboxylic acid groups (broad SMARTS) is 1. The van der Waals surface area contributed by atoms with Crippen LogP contribution in [0.5, 0.6) is 0 Å². The number of carbonyl (C=O) groups is 3. The number of hydrogen-bond donors (Lipinski definition) is 3. The first-order chi connectivity index (χ1) is 15.5. The second-order valence-electron chi connectivity index (χ2n) is 8.26. The van der Waals surface area contributed by atoms with Gasteiger partial charge in [0.1, 0.15) is 12.6 Å². The zero-order valence-corrected chi connectivity index (χ0v) is 17.6. The first-order valence-electron chi connectivity index (χ1n) is 10.7. The number of carbonyl (C=O) groups excluding carboxylic acids is 2. The fraction of sp³-hybridized carbons (Fsp3) is 0.320. The van der Waals surface area contributed by atoms with Crippen molar-refractivity contribution in [3.05, 3.63) is 72.3 Å². The molecular formula is C25H26N2O5. The van der Waals surface area contributed by atoms with E-state index in [1.54, 1.807) is 0 Å². The summed E-state index contributed by atoms with van der Waals surface area (Å²) in [4.78, 5) is 35.7. The van der Waals surface area contributed by atoms with Gasteiger partial charge in [0.15, 0.2) is 0 Å². The van der Waals surface area contributed by atoms with Crippen molar-refractivity contribution in [2.24, 2.45) is 5.92 Å². The molecule has 1 atom stereocenters. The van der Waals surface area contributed by atoms with Crippen LogP contribution in [0.4, 0.5) is 4.79 Å². The molecule has 2 aliphatic carbocycles. The second kappa shape index (κ2) is 9.26. The average Bonchev–Trinajstić information content (AvgIpc) is 3.08. The number of nitrogens with one attached hydrogen (secondary N) is 2. The van der Waals surface area contributed by atoms with Gasteiger partial charge in [0.25, 0.3) is 0 Å². The minimum absolute atomic E-state index is 0.00845. The predicted molar refractivity (Wildman–Crippen MR) is 119 cm³/mol. The first kappa shape index (κ1) is 21.6. The lowest BCUT2D eigenvalue weighted by Crippen LogP contribution is -2.52. The number of alkyl carbamates (subject to hydrolysis) is 1. The maximum atomic E-state index is 12.3. The zero-order valence-electron chi connectivity index (χ0n) is 17.6. The first-order valence-corrected chi connectivity index (χ1v) is 10.7. The van der Waals surface area contributed by atoms with Crippen LogP contribution in [0.1, 0.15) is 36.3 Å². The summed E-state index contributed by atoms with van der Waals surface area (Å²) in [5, 5.41) is 14.5. The molecule has 7 heteroatoms. The molecule has 0 heterocycles. The number of amides is 2. The number of hydrogen-bond acceptors (Lipinski definition) is 4. The van der Waals surface area contributed by atoms with E-state index in [2.05, 4.69) is 41.5 Å². The number of ether oxygens (including phenoxy) is 1. The smallest absolute Gasteiger partial charge is 0.407 e. The minimum Gasteiger partial charge on any atom is -0.480 e. The van der Waals surface area contributed by atoms with Gasteiger partial charge in [-0.1, -0.05) is 54.6 Å². The van der Waals surface area contributed by atoms with Gasteiger partial charge in [0.2, 0.25) is 5.91 Å². The Bertz CT molecular complexity index is 999.